The van der Waals surface area contributed by atoms with Crippen molar-refractivity contribution in [2.45, 2.75) is 19.4 Å². The van der Waals surface area contributed by atoms with Gasteiger partial charge in [-0.25, -0.2) is 0 Å². The zero-order valence-corrected chi connectivity index (χ0v) is 14.5. The van der Waals surface area contributed by atoms with Crippen LogP contribution in [0.15, 0.2) is 46.3 Å². The molecule has 0 aliphatic carbocycles. The molecule has 126 valence electrons. The molecule has 0 saturated carbocycles. The SMILES string of the molecule is CN(Cc1ccc(C#N)cc1)C(=O)CCc1nc(-c2cccs2)no1. The monoisotopic (exact) mass is 352 g/mol. The van der Waals surface area contributed by atoms with Gasteiger partial charge in [0.25, 0.3) is 0 Å². The quantitative estimate of drug-likeness (QED) is 0.680. The van der Waals surface area contributed by atoms with Gasteiger partial charge in [-0.15, -0.1) is 11.3 Å². The summed E-state index contributed by atoms with van der Waals surface area (Å²) in [7, 11) is 1.76. The van der Waals surface area contributed by atoms with Gasteiger partial charge in [0.15, 0.2) is 0 Å². The Morgan fingerprint density at radius 1 is 1.32 bits per heavy atom. The predicted octanol–water partition coefficient (Wildman–Crippen LogP) is 3.26. The Kier molecular flexibility index (Phi) is 5.21. The summed E-state index contributed by atoms with van der Waals surface area (Å²) in [5.74, 6) is 1.02. The van der Waals surface area contributed by atoms with Crippen LogP contribution in [-0.4, -0.2) is 28.0 Å². The molecule has 0 saturated heterocycles. The van der Waals surface area contributed by atoms with E-state index in [1.54, 1.807) is 35.4 Å². The van der Waals surface area contributed by atoms with Crippen molar-refractivity contribution in [3.05, 3.63) is 58.8 Å². The van der Waals surface area contributed by atoms with E-state index in [-0.39, 0.29) is 5.91 Å². The second kappa shape index (κ2) is 7.73. The van der Waals surface area contributed by atoms with Gasteiger partial charge in [-0.3, -0.25) is 4.79 Å². The number of benzene rings is 1. The van der Waals surface area contributed by atoms with E-state index < -0.39 is 0 Å². The number of aryl methyl sites for hydroxylation is 1. The Morgan fingerprint density at radius 3 is 2.80 bits per heavy atom. The molecule has 1 aromatic carbocycles. The summed E-state index contributed by atoms with van der Waals surface area (Å²) in [4.78, 5) is 19.2. The van der Waals surface area contributed by atoms with Crippen LogP contribution < -0.4 is 0 Å². The van der Waals surface area contributed by atoms with Crippen molar-refractivity contribution in [1.82, 2.24) is 15.0 Å². The summed E-state index contributed by atoms with van der Waals surface area (Å²) in [6.45, 7) is 0.495. The molecule has 0 fully saturated rings. The van der Waals surface area contributed by atoms with Crippen LogP contribution in [0.2, 0.25) is 0 Å². The first-order chi connectivity index (χ1) is 12.2. The van der Waals surface area contributed by atoms with Crippen molar-refractivity contribution in [2.24, 2.45) is 0 Å². The van der Waals surface area contributed by atoms with E-state index in [4.69, 9.17) is 9.78 Å². The third-order valence-electron chi connectivity index (χ3n) is 3.69. The third-order valence-corrected chi connectivity index (χ3v) is 4.56. The van der Waals surface area contributed by atoms with Crippen molar-refractivity contribution in [2.75, 3.05) is 7.05 Å². The Bertz CT molecular complexity index is 879. The average Bonchev–Trinajstić information content (AvgIpc) is 3.31. The number of carbonyl (C=O) groups excluding carboxylic acids is 1. The standard InChI is InChI=1S/C18H16N4O2S/c1-22(12-14-6-4-13(11-19)5-7-14)17(23)9-8-16-20-18(21-24-16)15-3-2-10-25-15/h2-7,10H,8-9,12H2,1H3. The molecule has 3 aromatic rings. The summed E-state index contributed by atoms with van der Waals surface area (Å²) in [6.07, 6.45) is 0.716. The number of nitriles is 1. The predicted molar refractivity (Wildman–Crippen MR) is 93.6 cm³/mol. The fourth-order valence-corrected chi connectivity index (χ4v) is 2.96. The molecule has 2 heterocycles. The number of thiophene rings is 1. The molecule has 2 aromatic heterocycles. The summed E-state index contributed by atoms with van der Waals surface area (Å²) in [5, 5.41) is 14.7. The minimum absolute atomic E-state index is 0.000216. The normalized spacial score (nSPS) is 10.4. The van der Waals surface area contributed by atoms with Crippen LogP contribution in [0.1, 0.15) is 23.4 Å². The minimum atomic E-state index is 0.000216. The second-order valence-electron chi connectivity index (χ2n) is 5.55. The zero-order valence-electron chi connectivity index (χ0n) is 13.7. The molecule has 0 unspecified atom stereocenters. The Labute approximate surface area is 149 Å². The van der Waals surface area contributed by atoms with E-state index in [0.29, 0.717) is 36.7 Å². The first-order valence-electron chi connectivity index (χ1n) is 7.75. The number of rotatable bonds is 6. The van der Waals surface area contributed by atoms with E-state index in [0.717, 1.165) is 10.4 Å². The first-order valence-corrected chi connectivity index (χ1v) is 8.63. The number of aromatic nitrogens is 2. The number of hydrogen-bond donors (Lipinski definition) is 0. The zero-order chi connectivity index (χ0) is 17.6. The molecular weight excluding hydrogens is 336 g/mol. The maximum atomic E-state index is 12.3. The maximum Gasteiger partial charge on any atom is 0.227 e. The molecule has 6 nitrogen and oxygen atoms in total. The van der Waals surface area contributed by atoms with E-state index in [9.17, 15) is 4.79 Å². The summed E-state index contributed by atoms with van der Waals surface area (Å²) < 4.78 is 5.21. The van der Waals surface area contributed by atoms with Crippen LogP contribution in [0.25, 0.3) is 10.7 Å². The molecule has 7 heteroatoms. The molecule has 0 bridgehead atoms. The van der Waals surface area contributed by atoms with E-state index >= 15 is 0 Å². The maximum absolute atomic E-state index is 12.3. The molecule has 0 radical (unpaired) electrons. The van der Waals surface area contributed by atoms with E-state index in [1.807, 2.05) is 29.6 Å². The second-order valence-corrected chi connectivity index (χ2v) is 6.50. The summed E-state index contributed by atoms with van der Waals surface area (Å²) in [6, 6.07) is 13.1. The van der Waals surface area contributed by atoms with Gasteiger partial charge in [-0.1, -0.05) is 23.4 Å². The van der Waals surface area contributed by atoms with Crippen molar-refractivity contribution in [1.29, 1.82) is 5.26 Å². The van der Waals surface area contributed by atoms with Gasteiger partial charge >= 0.3 is 0 Å². The van der Waals surface area contributed by atoms with E-state index in [2.05, 4.69) is 16.2 Å². The fourth-order valence-electron chi connectivity index (χ4n) is 2.31. The van der Waals surface area contributed by atoms with Gasteiger partial charge in [-0.05, 0) is 29.1 Å². The van der Waals surface area contributed by atoms with Crippen LogP contribution in [-0.2, 0) is 17.8 Å². The van der Waals surface area contributed by atoms with Crippen molar-refractivity contribution in [3.63, 3.8) is 0 Å². The fraction of sp³-hybridized carbons (Fsp3) is 0.222. The summed E-state index contributed by atoms with van der Waals surface area (Å²) in [5.41, 5.74) is 1.59. The van der Waals surface area contributed by atoms with Gasteiger partial charge in [0.05, 0.1) is 16.5 Å². The van der Waals surface area contributed by atoms with Crippen LogP contribution in [0.5, 0.6) is 0 Å². The lowest BCUT2D eigenvalue weighted by Gasteiger charge is -2.16. The van der Waals surface area contributed by atoms with Crippen molar-refractivity contribution < 1.29 is 9.32 Å². The van der Waals surface area contributed by atoms with Gasteiger partial charge in [0, 0.05) is 26.4 Å². The van der Waals surface area contributed by atoms with Crippen LogP contribution in [0, 0.1) is 11.3 Å². The van der Waals surface area contributed by atoms with Gasteiger partial charge in [0.1, 0.15) is 0 Å². The number of nitrogens with zero attached hydrogens (tertiary/aromatic N) is 4. The molecule has 1 amide bonds. The molecule has 0 atom stereocenters. The Balaban J connectivity index is 1.52. The lowest BCUT2D eigenvalue weighted by molar-refractivity contribution is -0.130. The average molecular weight is 352 g/mol. The van der Waals surface area contributed by atoms with Gasteiger partial charge < -0.3 is 9.42 Å². The van der Waals surface area contributed by atoms with Gasteiger partial charge in [-0.2, -0.15) is 10.2 Å². The highest BCUT2D eigenvalue weighted by Gasteiger charge is 2.14. The molecular formula is C18H16N4O2S. The van der Waals surface area contributed by atoms with Crippen LogP contribution >= 0.6 is 11.3 Å². The van der Waals surface area contributed by atoms with Gasteiger partial charge in [0.2, 0.25) is 17.6 Å². The van der Waals surface area contributed by atoms with Crippen molar-refractivity contribution in [3.8, 4) is 16.8 Å². The highest BCUT2D eigenvalue weighted by molar-refractivity contribution is 7.13. The highest BCUT2D eigenvalue weighted by Crippen LogP contribution is 2.21. The highest BCUT2D eigenvalue weighted by atomic mass is 32.1. The molecule has 0 spiro atoms. The molecule has 0 aliphatic heterocycles. The van der Waals surface area contributed by atoms with Crippen LogP contribution in [0.4, 0.5) is 0 Å². The smallest absolute Gasteiger partial charge is 0.227 e. The third kappa shape index (κ3) is 4.31. The molecule has 0 N–H and O–H groups in total. The number of amides is 1. The minimum Gasteiger partial charge on any atom is -0.341 e. The lowest BCUT2D eigenvalue weighted by Crippen LogP contribution is -2.26. The van der Waals surface area contributed by atoms with Crippen LogP contribution in [0.3, 0.4) is 0 Å². The Hall–Kier alpha value is -2.98. The Morgan fingerprint density at radius 2 is 2.12 bits per heavy atom. The molecule has 25 heavy (non-hydrogen) atoms. The molecule has 3 rings (SSSR count). The molecule has 0 aliphatic rings. The number of carbonyl (C=O) groups is 1. The van der Waals surface area contributed by atoms with E-state index in [1.165, 1.54) is 0 Å². The topological polar surface area (TPSA) is 83.0 Å². The largest absolute Gasteiger partial charge is 0.341 e. The first kappa shape index (κ1) is 16.9. The lowest BCUT2D eigenvalue weighted by atomic mass is 10.1. The summed E-state index contributed by atoms with van der Waals surface area (Å²) >= 11 is 1.54. The number of hydrogen-bond acceptors (Lipinski definition) is 6. The van der Waals surface area contributed by atoms with Crippen molar-refractivity contribution >= 4 is 17.2 Å².